The normalized spacial score (nSPS) is 16.2. The van der Waals surface area contributed by atoms with Crippen LogP contribution in [0.1, 0.15) is 28.2 Å². The lowest BCUT2D eigenvalue weighted by Crippen LogP contribution is -2.03. The largest absolute Gasteiger partial charge is 0.507 e. The third-order valence-corrected chi connectivity index (χ3v) is 5.70. The Morgan fingerprint density at radius 1 is 0.433 bits per heavy atom. The summed E-state index contributed by atoms with van der Waals surface area (Å²) in [7, 11) is 0. The summed E-state index contributed by atoms with van der Waals surface area (Å²) in [6.07, 6.45) is 0. The fourth-order valence-electron chi connectivity index (χ4n) is 4.41. The highest BCUT2D eigenvalue weighted by atomic mass is 16.3. The Balaban J connectivity index is 1.84. The quantitative estimate of drug-likeness (QED) is 0.388. The minimum Gasteiger partial charge on any atom is -0.507 e. The molecule has 0 aromatic heterocycles. The standard InChI is InChI=1S/C29H22O/c30-29-27(23-17-9-3-10-18-23)25(21-13-5-1-6-14-21)26(22-15-7-2-8-16-22)28(29)24-19-11-4-12-20-24/h1-20,25,30H. The van der Waals surface area contributed by atoms with Crippen molar-refractivity contribution in [3.8, 4) is 0 Å². The third-order valence-electron chi connectivity index (χ3n) is 5.70. The number of benzene rings is 4. The fourth-order valence-corrected chi connectivity index (χ4v) is 4.41. The number of rotatable bonds is 4. The van der Waals surface area contributed by atoms with Crippen molar-refractivity contribution in [1.29, 1.82) is 0 Å². The van der Waals surface area contributed by atoms with Crippen LogP contribution in [-0.4, -0.2) is 5.11 Å². The van der Waals surface area contributed by atoms with Crippen molar-refractivity contribution in [2.45, 2.75) is 5.92 Å². The highest BCUT2D eigenvalue weighted by Crippen LogP contribution is 2.54. The first-order valence-electron chi connectivity index (χ1n) is 10.2. The zero-order chi connectivity index (χ0) is 20.3. The van der Waals surface area contributed by atoms with Crippen molar-refractivity contribution in [2.24, 2.45) is 0 Å². The van der Waals surface area contributed by atoms with Gasteiger partial charge in [-0.05, 0) is 27.8 Å². The lowest BCUT2D eigenvalue weighted by atomic mass is 9.81. The van der Waals surface area contributed by atoms with Gasteiger partial charge in [-0.3, -0.25) is 0 Å². The molecule has 0 spiro atoms. The second-order valence-electron chi connectivity index (χ2n) is 7.49. The van der Waals surface area contributed by atoms with E-state index in [4.69, 9.17) is 0 Å². The molecule has 1 N–H and O–H groups in total. The Morgan fingerprint density at radius 2 is 0.833 bits per heavy atom. The van der Waals surface area contributed by atoms with E-state index in [1.54, 1.807) is 0 Å². The van der Waals surface area contributed by atoms with Crippen LogP contribution in [-0.2, 0) is 0 Å². The highest BCUT2D eigenvalue weighted by Gasteiger charge is 2.36. The minimum absolute atomic E-state index is 0.0498. The van der Waals surface area contributed by atoms with E-state index in [0.717, 1.165) is 33.4 Å². The van der Waals surface area contributed by atoms with Crippen LogP contribution in [0.15, 0.2) is 127 Å². The molecule has 4 aromatic rings. The van der Waals surface area contributed by atoms with E-state index in [2.05, 4.69) is 72.8 Å². The van der Waals surface area contributed by atoms with E-state index >= 15 is 0 Å². The molecule has 0 amide bonds. The number of hydrogen-bond acceptors (Lipinski definition) is 1. The van der Waals surface area contributed by atoms with Gasteiger partial charge in [0, 0.05) is 17.1 Å². The molecule has 0 aliphatic heterocycles. The average Bonchev–Trinajstić information content (AvgIpc) is 3.14. The molecule has 1 atom stereocenters. The summed E-state index contributed by atoms with van der Waals surface area (Å²) in [5.41, 5.74) is 7.39. The molecule has 0 fully saturated rings. The van der Waals surface area contributed by atoms with E-state index in [-0.39, 0.29) is 5.92 Å². The average molecular weight is 386 g/mol. The summed E-state index contributed by atoms with van der Waals surface area (Å²) in [5.74, 6) is 0.311. The van der Waals surface area contributed by atoms with E-state index in [9.17, 15) is 5.11 Å². The summed E-state index contributed by atoms with van der Waals surface area (Å²) in [4.78, 5) is 0. The summed E-state index contributed by atoms with van der Waals surface area (Å²) in [5, 5.41) is 11.6. The third kappa shape index (κ3) is 3.15. The van der Waals surface area contributed by atoms with Gasteiger partial charge >= 0.3 is 0 Å². The van der Waals surface area contributed by atoms with Crippen molar-refractivity contribution < 1.29 is 5.11 Å². The second kappa shape index (κ2) is 7.88. The fraction of sp³-hybridized carbons (Fsp3) is 0.0345. The first-order chi connectivity index (χ1) is 14.8. The molecule has 1 unspecified atom stereocenters. The SMILES string of the molecule is OC1=C(c2ccccc2)C(c2ccccc2)C(c2ccccc2)=C1c1ccccc1. The Kier molecular flexibility index (Phi) is 4.78. The highest BCUT2D eigenvalue weighted by molar-refractivity contribution is 6.12. The molecule has 144 valence electrons. The van der Waals surface area contributed by atoms with E-state index in [1.807, 2.05) is 48.5 Å². The first-order valence-corrected chi connectivity index (χ1v) is 10.2. The molecule has 0 saturated heterocycles. The van der Waals surface area contributed by atoms with Crippen LogP contribution in [0.5, 0.6) is 0 Å². The Bertz CT molecular complexity index is 1200. The summed E-state index contributed by atoms with van der Waals surface area (Å²) in [6, 6.07) is 41.3. The summed E-state index contributed by atoms with van der Waals surface area (Å²) in [6.45, 7) is 0. The van der Waals surface area contributed by atoms with Crippen LogP contribution in [0.2, 0.25) is 0 Å². The molecular formula is C29H22O. The number of aliphatic hydroxyl groups is 1. The first kappa shape index (κ1) is 18.2. The maximum atomic E-state index is 11.6. The Morgan fingerprint density at radius 3 is 1.33 bits per heavy atom. The minimum atomic E-state index is -0.0498. The van der Waals surface area contributed by atoms with Gasteiger partial charge in [0.25, 0.3) is 0 Å². The van der Waals surface area contributed by atoms with Gasteiger partial charge in [0.2, 0.25) is 0 Å². The molecule has 5 rings (SSSR count). The number of allylic oxidation sites excluding steroid dienone is 3. The monoisotopic (exact) mass is 386 g/mol. The topological polar surface area (TPSA) is 20.2 Å². The van der Waals surface area contributed by atoms with Crippen LogP contribution in [0, 0.1) is 0 Å². The lowest BCUT2D eigenvalue weighted by molar-refractivity contribution is 0.441. The molecule has 0 bridgehead atoms. The molecule has 1 aliphatic carbocycles. The molecule has 0 saturated carbocycles. The zero-order valence-electron chi connectivity index (χ0n) is 16.6. The maximum absolute atomic E-state index is 11.6. The van der Waals surface area contributed by atoms with Crippen LogP contribution in [0.4, 0.5) is 0 Å². The predicted octanol–water partition coefficient (Wildman–Crippen LogP) is 7.36. The van der Waals surface area contributed by atoms with Gasteiger partial charge < -0.3 is 5.11 Å². The second-order valence-corrected chi connectivity index (χ2v) is 7.49. The van der Waals surface area contributed by atoms with Crippen molar-refractivity contribution >= 4 is 16.7 Å². The van der Waals surface area contributed by atoms with Gasteiger partial charge in [-0.2, -0.15) is 0 Å². The zero-order valence-corrected chi connectivity index (χ0v) is 16.6. The van der Waals surface area contributed by atoms with Crippen molar-refractivity contribution in [3.05, 3.63) is 149 Å². The van der Waals surface area contributed by atoms with Crippen LogP contribution >= 0.6 is 0 Å². The van der Waals surface area contributed by atoms with Crippen LogP contribution in [0.3, 0.4) is 0 Å². The predicted molar refractivity (Wildman–Crippen MR) is 125 cm³/mol. The van der Waals surface area contributed by atoms with Crippen molar-refractivity contribution in [3.63, 3.8) is 0 Å². The van der Waals surface area contributed by atoms with Gasteiger partial charge in [-0.1, -0.05) is 121 Å². The number of aliphatic hydroxyl groups excluding tert-OH is 1. The molecular weight excluding hydrogens is 364 g/mol. The Labute approximate surface area is 177 Å². The van der Waals surface area contributed by atoms with Crippen LogP contribution in [0.25, 0.3) is 16.7 Å². The molecule has 0 radical (unpaired) electrons. The molecule has 30 heavy (non-hydrogen) atoms. The summed E-state index contributed by atoms with van der Waals surface area (Å²) < 4.78 is 0. The molecule has 1 nitrogen and oxygen atoms in total. The van der Waals surface area contributed by atoms with Gasteiger partial charge in [0.15, 0.2) is 0 Å². The smallest absolute Gasteiger partial charge is 0.128 e. The van der Waals surface area contributed by atoms with Crippen molar-refractivity contribution in [1.82, 2.24) is 0 Å². The van der Waals surface area contributed by atoms with Gasteiger partial charge in [-0.15, -0.1) is 0 Å². The number of hydrogen-bond donors (Lipinski definition) is 1. The Hall–Kier alpha value is -3.84. The van der Waals surface area contributed by atoms with E-state index in [0.29, 0.717) is 5.76 Å². The maximum Gasteiger partial charge on any atom is 0.128 e. The van der Waals surface area contributed by atoms with Crippen molar-refractivity contribution in [2.75, 3.05) is 0 Å². The van der Waals surface area contributed by atoms with Crippen LogP contribution < -0.4 is 0 Å². The van der Waals surface area contributed by atoms with E-state index < -0.39 is 0 Å². The van der Waals surface area contributed by atoms with Gasteiger partial charge in [-0.25, -0.2) is 0 Å². The summed E-state index contributed by atoms with van der Waals surface area (Å²) >= 11 is 0. The van der Waals surface area contributed by atoms with Gasteiger partial charge in [0.05, 0.1) is 0 Å². The molecule has 1 heteroatoms. The molecule has 1 aliphatic rings. The molecule has 0 heterocycles. The molecule has 4 aromatic carbocycles. The lowest BCUT2D eigenvalue weighted by Gasteiger charge is -2.21. The van der Waals surface area contributed by atoms with E-state index in [1.165, 1.54) is 5.56 Å². The van der Waals surface area contributed by atoms with Gasteiger partial charge in [0.1, 0.15) is 5.76 Å².